The first-order chi connectivity index (χ1) is 9.00. The van der Waals surface area contributed by atoms with Gasteiger partial charge in [0.25, 0.3) is 0 Å². The lowest BCUT2D eigenvalue weighted by atomic mass is 9.94. The van der Waals surface area contributed by atoms with Gasteiger partial charge in [0.15, 0.2) is 0 Å². The Balaban J connectivity index is 2.58. The number of primary amides is 1. The van der Waals surface area contributed by atoms with E-state index in [-0.39, 0.29) is 0 Å². The third kappa shape index (κ3) is 2.88. The Kier molecular flexibility index (Phi) is 4.08. The van der Waals surface area contributed by atoms with Crippen LogP contribution in [0.15, 0.2) is 36.5 Å². The first-order valence-corrected chi connectivity index (χ1v) is 6.42. The van der Waals surface area contributed by atoms with Crippen LogP contribution < -0.4 is 5.73 Å². The fourth-order valence-electron chi connectivity index (χ4n) is 1.87. The summed E-state index contributed by atoms with van der Waals surface area (Å²) in [5.74, 6) is -1.28. The highest BCUT2D eigenvalue weighted by molar-refractivity contribution is 6.36. The lowest BCUT2D eigenvalue weighted by molar-refractivity contribution is -0.118. The summed E-state index contributed by atoms with van der Waals surface area (Å²) in [5, 5.41) is 0.803. The highest BCUT2D eigenvalue weighted by atomic mass is 35.5. The lowest BCUT2D eigenvalue weighted by Crippen LogP contribution is -2.24. The third-order valence-corrected chi connectivity index (χ3v) is 3.46. The zero-order valence-electron chi connectivity index (χ0n) is 10.2. The molecule has 1 aromatic heterocycles. The standard InChI is InChI=1S/C14H12Cl2N2O/c1-8-5-6-11(18-7-8)13(14(17)19)12-9(15)3-2-4-10(12)16/h2-7,13H,1H3,(H2,17,19). The van der Waals surface area contributed by atoms with Crippen LogP contribution in [0.4, 0.5) is 0 Å². The van der Waals surface area contributed by atoms with E-state index < -0.39 is 11.8 Å². The van der Waals surface area contributed by atoms with E-state index in [4.69, 9.17) is 28.9 Å². The molecule has 0 spiro atoms. The van der Waals surface area contributed by atoms with E-state index in [1.54, 1.807) is 30.5 Å². The lowest BCUT2D eigenvalue weighted by Gasteiger charge is -2.16. The second-order valence-electron chi connectivity index (χ2n) is 4.23. The van der Waals surface area contributed by atoms with E-state index in [2.05, 4.69) is 4.98 Å². The van der Waals surface area contributed by atoms with E-state index in [1.807, 2.05) is 13.0 Å². The maximum absolute atomic E-state index is 11.8. The highest BCUT2D eigenvalue weighted by Crippen LogP contribution is 2.34. The second kappa shape index (κ2) is 5.59. The van der Waals surface area contributed by atoms with E-state index in [9.17, 15) is 4.79 Å². The van der Waals surface area contributed by atoms with Gasteiger partial charge in [-0.25, -0.2) is 0 Å². The predicted octanol–water partition coefficient (Wildman–Crippen LogP) is 3.31. The molecule has 19 heavy (non-hydrogen) atoms. The minimum Gasteiger partial charge on any atom is -0.369 e. The van der Waals surface area contributed by atoms with Crippen LogP contribution in [0.5, 0.6) is 0 Å². The highest BCUT2D eigenvalue weighted by Gasteiger charge is 2.26. The molecule has 0 aliphatic heterocycles. The number of hydrogen-bond acceptors (Lipinski definition) is 2. The zero-order chi connectivity index (χ0) is 14.0. The Morgan fingerprint density at radius 2 is 1.84 bits per heavy atom. The number of amides is 1. The fraction of sp³-hybridized carbons (Fsp3) is 0.143. The molecule has 1 amide bonds. The third-order valence-electron chi connectivity index (χ3n) is 2.80. The first-order valence-electron chi connectivity index (χ1n) is 5.66. The van der Waals surface area contributed by atoms with Crippen molar-refractivity contribution in [1.82, 2.24) is 4.98 Å². The number of aryl methyl sites for hydroxylation is 1. The van der Waals surface area contributed by atoms with Gasteiger partial charge in [-0.3, -0.25) is 9.78 Å². The van der Waals surface area contributed by atoms with Crippen LogP contribution >= 0.6 is 23.2 Å². The number of carbonyl (C=O) groups is 1. The van der Waals surface area contributed by atoms with Crippen molar-refractivity contribution < 1.29 is 4.79 Å². The van der Waals surface area contributed by atoms with E-state index in [0.717, 1.165) is 5.56 Å². The molecule has 1 aromatic carbocycles. The molecule has 3 nitrogen and oxygen atoms in total. The average molecular weight is 295 g/mol. The van der Waals surface area contributed by atoms with Gasteiger partial charge in [0.1, 0.15) is 5.92 Å². The molecule has 0 saturated heterocycles. The van der Waals surface area contributed by atoms with Crippen molar-refractivity contribution in [2.24, 2.45) is 5.73 Å². The normalized spacial score (nSPS) is 12.2. The van der Waals surface area contributed by atoms with Gasteiger partial charge >= 0.3 is 0 Å². The van der Waals surface area contributed by atoms with Crippen molar-refractivity contribution in [3.05, 3.63) is 63.4 Å². The number of rotatable bonds is 3. The number of hydrogen-bond donors (Lipinski definition) is 1. The van der Waals surface area contributed by atoms with Crippen molar-refractivity contribution in [2.75, 3.05) is 0 Å². The predicted molar refractivity (Wildman–Crippen MR) is 76.5 cm³/mol. The van der Waals surface area contributed by atoms with Crippen molar-refractivity contribution in [2.45, 2.75) is 12.8 Å². The van der Waals surface area contributed by atoms with Gasteiger partial charge in [-0.2, -0.15) is 0 Å². The molecule has 1 unspecified atom stereocenters. The number of pyridine rings is 1. The zero-order valence-corrected chi connectivity index (χ0v) is 11.7. The van der Waals surface area contributed by atoms with Crippen molar-refractivity contribution >= 4 is 29.1 Å². The summed E-state index contributed by atoms with van der Waals surface area (Å²) in [6.45, 7) is 1.92. The van der Waals surface area contributed by atoms with Gasteiger partial charge in [-0.15, -0.1) is 0 Å². The Morgan fingerprint density at radius 3 is 2.32 bits per heavy atom. The molecule has 0 aliphatic carbocycles. The summed E-state index contributed by atoms with van der Waals surface area (Å²) in [5.41, 5.74) is 7.51. The van der Waals surface area contributed by atoms with E-state index in [1.165, 1.54) is 0 Å². The van der Waals surface area contributed by atoms with Gasteiger partial charge in [0.05, 0.1) is 5.69 Å². The van der Waals surface area contributed by atoms with Gasteiger partial charge in [0.2, 0.25) is 5.91 Å². The Bertz CT molecular complexity index is 591. The minimum absolute atomic E-state index is 0.402. The molecule has 2 aromatic rings. The average Bonchev–Trinajstić information content (AvgIpc) is 2.35. The summed E-state index contributed by atoms with van der Waals surface area (Å²) >= 11 is 12.3. The number of nitrogens with zero attached hydrogens (tertiary/aromatic N) is 1. The van der Waals surface area contributed by atoms with Crippen molar-refractivity contribution in [3.63, 3.8) is 0 Å². The maximum atomic E-state index is 11.8. The minimum atomic E-state index is -0.748. The molecule has 5 heteroatoms. The van der Waals surface area contributed by atoms with Gasteiger partial charge in [0, 0.05) is 21.8 Å². The summed E-state index contributed by atoms with van der Waals surface area (Å²) < 4.78 is 0. The summed E-state index contributed by atoms with van der Waals surface area (Å²) in [4.78, 5) is 16.0. The molecular formula is C14H12Cl2N2O. The fourth-order valence-corrected chi connectivity index (χ4v) is 2.49. The van der Waals surface area contributed by atoms with E-state index in [0.29, 0.717) is 21.3 Å². The molecular weight excluding hydrogens is 283 g/mol. The van der Waals surface area contributed by atoms with Crippen LogP contribution in [-0.2, 0) is 4.79 Å². The molecule has 0 radical (unpaired) electrons. The van der Waals surface area contributed by atoms with Crippen LogP contribution in [0.25, 0.3) is 0 Å². The van der Waals surface area contributed by atoms with Crippen molar-refractivity contribution in [3.8, 4) is 0 Å². The Morgan fingerprint density at radius 1 is 1.21 bits per heavy atom. The number of halogens is 2. The molecule has 0 saturated carbocycles. The second-order valence-corrected chi connectivity index (χ2v) is 5.05. The molecule has 0 fully saturated rings. The first kappa shape index (κ1) is 13.8. The molecule has 0 aliphatic rings. The molecule has 2 N–H and O–H groups in total. The molecule has 98 valence electrons. The number of aromatic nitrogens is 1. The monoisotopic (exact) mass is 294 g/mol. The van der Waals surface area contributed by atoms with Crippen LogP contribution in [0.1, 0.15) is 22.7 Å². The number of nitrogens with two attached hydrogens (primary N) is 1. The Labute approximate surface area is 121 Å². The van der Waals surface area contributed by atoms with E-state index >= 15 is 0 Å². The van der Waals surface area contributed by atoms with Gasteiger partial charge in [-0.05, 0) is 30.7 Å². The van der Waals surface area contributed by atoms with Gasteiger partial charge in [-0.1, -0.05) is 35.3 Å². The van der Waals surface area contributed by atoms with Crippen LogP contribution in [-0.4, -0.2) is 10.9 Å². The summed E-state index contributed by atoms with van der Waals surface area (Å²) in [7, 11) is 0. The topological polar surface area (TPSA) is 56.0 Å². The Hall–Kier alpha value is -1.58. The van der Waals surface area contributed by atoms with Crippen molar-refractivity contribution in [1.29, 1.82) is 0 Å². The summed E-state index contributed by atoms with van der Waals surface area (Å²) in [6, 6.07) is 8.68. The maximum Gasteiger partial charge on any atom is 0.231 e. The number of benzene rings is 1. The molecule has 1 atom stereocenters. The molecule has 1 heterocycles. The number of carbonyl (C=O) groups excluding carboxylic acids is 1. The summed E-state index contributed by atoms with van der Waals surface area (Å²) in [6.07, 6.45) is 1.68. The quantitative estimate of drug-likeness (QED) is 0.944. The largest absolute Gasteiger partial charge is 0.369 e. The smallest absolute Gasteiger partial charge is 0.231 e. The van der Waals surface area contributed by atoms with Crippen LogP contribution in [0.3, 0.4) is 0 Å². The molecule has 2 rings (SSSR count). The van der Waals surface area contributed by atoms with Crippen LogP contribution in [0.2, 0.25) is 10.0 Å². The van der Waals surface area contributed by atoms with Crippen LogP contribution in [0, 0.1) is 6.92 Å². The molecule has 0 bridgehead atoms. The SMILES string of the molecule is Cc1ccc(C(C(N)=O)c2c(Cl)cccc2Cl)nc1. The van der Waals surface area contributed by atoms with Gasteiger partial charge < -0.3 is 5.73 Å².